The lowest BCUT2D eigenvalue weighted by Gasteiger charge is -2.07. The molecule has 2 rings (SSSR count). The summed E-state index contributed by atoms with van der Waals surface area (Å²) in [4.78, 5) is 15.8. The van der Waals surface area contributed by atoms with Crippen LogP contribution >= 0.6 is 45.8 Å². The molecule has 0 saturated carbocycles. The van der Waals surface area contributed by atoms with E-state index in [1.54, 1.807) is 18.2 Å². The van der Waals surface area contributed by atoms with Gasteiger partial charge in [-0.25, -0.2) is 4.98 Å². The number of nitrogens with one attached hydrogen (secondary N) is 1. The molecule has 92 valence electrons. The van der Waals surface area contributed by atoms with E-state index in [1.165, 1.54) is 12.3 Å². The standard InChI is InChI=1S/C12H7Cl2IN2O/c13-9-6-8(15)1-2-10(9)17-12(18)7-3-4-16-11(14)5-7/h1-6H,(H,17,18). The molecular weight excluding hydrogens is 386 g/mol. The number of anilines is 1. The Morgan fingerprint density at radius 1 is 1.22 bits per heavy atom. The largest absolute Gasteiger partial charge is 0.321 e. The minimum atomic E-state index is -0.276. The van der Waals surface area contributed by atoms with Gasteiger partial charge in [0.1, 0.15) is 5.15 Å². The van der Waals surface area contributed by atoms with Crippen LogP contribution in [0, 0.1) is 3.57 Å². The third-order valence-corrected chi connectivity index (χ3v) is 3.36. The number of halogens is 3. The minimum absolute atomic E-state index is 0.274. The van der Waals surface area contributed by atoms with Crippen LogP contribution in [0.1, 0.15) is 10.4 Å². The smallest absolute Gasteiger partial charge is 0.255 e. The van der Waals surface area contributed by atoms with Gasteiger partial charge in [-0.1, -0.05) is 23.2 Å². The first-order chi connectivity index (χ1) is 8.56. The van der Waals surface area contributed by atoms with Gasteiger partial charge in [-0.05, 0) is 52.9 Å². The van der Waals surface area contributed by atoms with E-state index in [1.807, 2.05) is 6.07 Å². The number of amides is 1. The van der Waals surface area contributed by atoms with Gasteiger partial charge in [0.25, 0.3) is 5.91 Å². The van der Waals surface area contributed by atoms with E-state index in [-0.39, 0.29) is 11.1 Å². The summed E-state index contributed by atoms with van der Waals surface area (Å²) in [6, 6.07) is 8.48. The topological polar surface area (TPSA) is 42.0 Å². The molecule has 0 radical (unpaired) electrons. The molecule has 0 aliphatic carbocycles. The molecule has 1 aromatic carbocycles. The highest BCUT2D eigenvalue weighted by atomic mass is 127. The highest BCUT2D eigenvalue weighted by Gasteiger charge is 2.09. The average molecular weight is 393 g/mol. The molecular formula is C12H7Cl2IN2O. The van der Waals surface area contributed by atoms with Crippen LogP contribution in [0.4, 0.5) is 5.69 Å². The molecule has 1 amide bonds. The number of hydrogen-bond donors (Lipinski definition) is 1. The van der Waals surface area contributed by atoms with Gasteiger partial charge in [0.15, 0.2) is 0 Å². The molecule has 0 bridgehead atoms. The molecule has 0 spiro atoms. The molecule has 0 atom stereocenters. The van der Waals surface area contributed by atoms with Gasteiger partial charge in [-0.15, -0.1) is 0 Å². The fraction of sp³-hybridized carbons (Fsp3) is 0. The fourth-order valence-electron chi connectivity index (χ4n) is 1.33. The monoisotopic (exact) mass is 392 g/mol. The van der Waals surface area contributed by atoms with E-state index in [2.05, 4.69) is 32.9 Å². The molecule has 1 N–H and O–H groups in total. The first-order valence-electron chi connectivity index (χ1n) is 4.94. The summed E-state index contributed by atoms with van der Waals surface area (Å²) >= 11 is 13.9. The third-order valence-electron chi connectivity index (χ3n) is 2.17. The van der Waals surface area contributed by atoms with E-state index >= 15 is 0 Å². The number of pyridine rings is 1. The van der Waals surface area contributed by atoms with E-state index in [0.717, 1.165) is 3.57 Å². The van der Waals surface area contributed by atoms with Crippen molar-refractivity contribution in [2.45, 2.75) is 0 Å². The second-order valence-corrected chi connectivity index (χ2v) is 5.49. The summed E-state index contributed by atoms with van der Waals surface area (Å²) in [6.45, 7) is 0. The fourth-order valence-corrected chi connectivity index (χ4v) is 2.41. The minimum Gasteiger partial charge on any atom is -0.321 e. The molecule has 18 heavy (non-hydrogen) atoms. The predicted molar refractivity (Wildman–Crippen MR) is 81.4 cm³/mol. The number of rotatable bonds is 2. The maximum Gasteiger partial charge on any atom is 0.255 e. The Kier molecular flexibility index (Phi) is 4.42. The van der Waals surface area contributed by atoms with Gasteiger partial charge in [-0.3, -0.25) is 4.79 Å². The van der Waals surface area contributed by atoms with Gasteiger partial charge in [0.2, 0.25) is 0 Å². The predicted octanol–water partition coefficient (Wildman–Crippen LogP) is 4.25. The number of aromatic nitrogens is 1. The molecule has 3 nitrogen and oxygen atoms in total. The highest BCUT2D eigenvalue weighted by Crippen LogP contribution is 2.24. The summed E-state index contributed by atoms with van der Waals surface area (Å²) in [5.74, 6) is -0.276. The highest BCUT2D eigenvalue weighted by molar-refractivity contribution is 14.1. The first kappa shape index (κ1) is 13.6. The Hall–Kier alpha value is -0.850. The zero-order valence-corrected chi connectivity index (χ0v) is 12.6. The van der Waals surface area contributed by atoms with Crippen LogP contribution < -0.4 is 5.32 Å². The zero-order valence-electron chi connectivity index (χ0n) is 8.95. The molecule has 0 unspecified atom stereocenters. The normalized spacial score (nSPS) is 10.2. The molecule has 1 heterocycles. The van der Waals surface area contributed by atoms with Crippen molar-refractivity contribution in [3.63, 3.8) is 0 Å². The van der Waals surface area contributed by atoms with E-state index in [0.29, 0.717) is 16.3 Å². The van der Waals surface area contributed by atoms with Gasteiger partial charge in [-0.2, -0.15) is 0 Å². The van der Waals surface area contributed by atoms with Crippen LogP contribution in [0.2, 0.25) is 10.2 Å². The maximum atomic E-state index is 11.9. The second-order valence-electron chi connectivity index (χ2n) is 3.45. The van der Waals surface area contributed by atoms with Crippen molar-refractivity contribution in [1.29, 1.82) is 0 Å². The van der Waals surface area contributed by atoms with Crippen molar-refractivity contribution >= 4 is 57.4 Å². The van der Waals surface area contributed by atoms with Crippen molar-refractivity contribution in [3.05, 3.63) is 55.8 Å². The maximum absolute atomic E-state index is 11.9. The van der Waals surface area contributed by atoms with E-state index in [9.17, 15) is 4.79 Å². The van der Waals surface area contributed by atoms with Crippen LogP contribution in [0.5, 0.6) is 0 Å². The molecule has 2 aromatic rings. The lowest BCUT2D eigenvalue weighted by atomic mass is 10.2. The Balaban J connectivity index is 2.21. The molecule has 1 aromatic heterocycles. The Labute approximate surface area is 128 Å². The molecule has 0 aliphatic rings. The summed E-state index contributed by atoms with van der Waals surface area (Å²) in [6.07, 6.45) is 1.48. The van der Waals surface area contributed by atoms with Gasteiger partial charge >= 0.3 is 0 Å². The Bertz CT molecular complexity index is 604. The van der Waals surface area contributed by atoms with E-state index < -0.39 is 0 Å². The summed E-state index contributed by atoms with van der Waals surface area (Å²) in [5.41, 5.74) is 1.000. The third kappa shape index (κ3) is 3.34. The molecule has 0 saturated heterocycles. The SMILES string of the molecule is O=C(Nc1ccc(I)cc1Cl)c1ccnc(Cl)c1. The van der Waals surface area contributed by atoms with Crippen molar-refractivity contribution in [2.24, 2.45) is 0 Å². The summed E-state index contributed by atoms with van der Waals surface area (Å²) in [7, 11) is 0. The molecule has 0 fully saturated rings. The van der Waals surface area contributed by atoms with Crippen LogP contribution in [0.15, 0.2) is 36.5 Å². The van der Waals surface area contributed by atoms with Gasteiger partial charge in [0, 0.05) is 15.3 Å². The van der Waals surface area contributed by atoms with Crippen LogP contribution in [-0.2, 0) is 0 Å². The Morgan fingerprint density at radius 3 is 2.67 bits per heavy atom. The van der Waals surface area contributed by atoms with Crippen LogP contribution in [0.25, 0.3) is 0 Å². The van der Waals surface area contributed by atoms with Crippen molar-refractivity contribution in [2.75, 3.05) is 5.32 Å². The van der Waals surface area contributed by atoms with Crippen LogP contribution in [-0.4, -0.2) is 10.9 Å². The van der Waals surface area contributed by atoms with E-state index in [4.69, 9.17) is 23.2 Å². The molecule has 6 heteroatoms. The number of benzene rings is 1. The van der Waals surface area contributed by atoms with Gasteiger partial charge < -0.3 is 5.32 Å². The Morgan fingerprint density at radius 2 is 2.00 bits per heavy atom. The zero-order chi connectivity index (χ0) is 13.1. The number of carbonyl (C=O) groups excluding carboxylic acids is 1. The van der Waals surface area contributed by atoms with Crippen molar-refractivity contribution in [1.82, 2.24) is 4.98 Å². The number of hydrogen-bond acceptors (Lipinski definition) is 2. The summed E-state index contributed by atoms with van der Waals surface area (Å²) < 4.78 is 1.00. The second kappa shape index (κ2) is 5.86. The van der Waals surface area contributed by atoms with Gasteiger partial charge in [0.05, 0.1) is 10.7 Å². The lowest BCUT2D eigenvalue weighted by molar-refractivity contribution is 0.102. The average Bonchev–Trinajstić information content (AvgIpc) is 2.32. The first-order valence-corrected chi connectivity index (χ1v) is 6.77. The van der Waals surface area contributed by atoms with Crippen molar-refractivity contribution in [3.8, 4) is 0 Å². The quantitative estimate of drug-likeness (QED) is 0.613. The molecule has 0 aliphatic heterocycles. The van der Waals surface area contributed by atoms with Crippen LogP contribution in [0.3, 0.4) is 0 Å². The number of carbonyl (C=O) groups is 1. The van der Waals surface area contributed by atoms with Crippen molar-refractivity contribution < 1.29 is 4.79 Å². The summed E-state index contributed by atoms with van der Waals surface area (Å²) in [5, 5.41) is 3.49. The number of nitrogens with zero attached hydrogens (tertiary/aromatic N) is 1. The lowest BCUT2D eigenvalue weighted by Crippen LogP contribution is -2.12.